The molecule has 0 bridgehead atoms. The van der Waals surface area contributed by atoms with Gasteiger partial charge in [-0.25, -0.2) is 0 Å². The van der Waals surface area contributed by atoms with Crippen LogP contribution >= 0.6 is 0 Å². The van der Waals surface area contributed by atoms with Gasteiger partial charge in [0.2, 0.25) is 11.8 Å². The average Bonchev–Trinajstić information content (AvgIpc) is 3.05. The first-order chi connectivity index (χ1) is 10.8. The van der Waals surface area contributed by atoms with Crippen molar-refractivity contribution in [2.45, 2.75) is 19.4 Å². The Morgan fingerprint density at radius 3 is 2.57 bits per heavy atom. The highest BCUT2D eigenvalue weighted by atomic mass is 32.2. The first-order valence-corrected chi connectivity index (χ1v) is 8.83. The van der Waals surface area contributed by atoms with Gasteiger partial charge in [0.1, 0.15) is 0 Å². The lowest BCUT2D eigenvalue weighted by atomic mass is 9.86. The molecule has 1 aromatic carbocycles. The highest BCUT2D eigenvalue weighted by molar-refractivity contribution is 7.86. The van der Waals surface area contributed by atoms with E-state index in [4.69, 9.17) is 0 Å². The number of nitrogens with zero attached hydrogens (tertiary/aromatic N) is 2. The Bertz CT molecular complexity index is 734. The van der Waals surface area contributed by atoms with E-state index >= 15 is 0 Å². The summed E-state index contributed by atoms with van der Waals surface area (Å²) in [5.41, 5.74) is -0.00106. The first kappa shape index (κ1) is 16.1. The SMILES string of the molecule is CN(Cc1ccccc1)S(=O)(=O)N1CC[C@]2(CC(=O)NC2=O)C1. The number of rotatable bonds is 4. The fourth-order valence-corrected chi connectivity index (χ4v) is 4.61. The zero-order valence-electron chi connectivity index (χ0n) is 12.9. The van der Waals surface area contributed by atoms with Crippen LogP contribution in [0.4, 0.5) is 0 Å². The van der Waals surface area contributed by atoms with E-state index in [9.17, 15) is 18.0 Å². The molecule has 1 atom stereocenters. The average molecular weight is 337 g/mol. The summed E-state index contributed by atoms with van der Waals surface area (Å²) >= 11 is 0. The minimum atomic E-state index is -3.67. The van der Waals surface area contributed by atoms with Crippen LogP contribution in [0.15, 0.2) is 30.3 Å². The minimum Gasteiger partial charge on any atom is -0.296 e. The molecule has 2 saturated heterocycles. The van der Waals surface area contributed by atoms with Gasteiger partial charge in [0.25, 0.3) is 10.2 Å². The van der Waals surface area contributed by atoms with Crippen LogP contribution in [0.5, 0.6) is 0 Å². The number of carbonyl (C=O) groups excluding carboxylic acids is 2. The van der Waals surface area contributed by atoms with E-state index < -0.39 is 15.6 Å². The molecule has 0 unspecified atom stereocenters. The molecule has 2 heterocycles. The van der Waals surface area contributed by atoms with Crippen molar-refractivity contribution in [3.8, 4) is 0 Å². The van der Waals surface area contributed by atoms with Crippen molar-refractivity contribution in [2.75, 3.05) is 20.1 Å². The van der Waals surface area contributed by atoms with E-state index in [1.807, 2.05) is 30.3 Å². The van der Waals surface area contributed by atoms with Crippen LogP contribution < -0.4 is 5.32 Å². The number of benzene rings is 1. The van der Waals surface area contributed by atoms with Crippen molar-refractivity contribution in [3.05, 3.63) is 35.9 Å². The molecule has 2 amide bonds. The van der Waals surface area contributed by atoms with Crippen LogP contribution in [-0.2, 0) is 26.3 Å². The Morgan fingerprint density at radius 2 is 1.96 bits per heavy atom. The number of imide groups is 1. The standard InChI is InChI=1S/C15H19N3O4S/c1-17(10-12-5-3-2-4-6-12)23(21,22)18-8-7-15(11-18)9-13(19)16-14(15)20/h2-6H,7-11H2,1H3,(H,16,19,20)/t15-/m0/s1. The van der Waals surface area contributed by atoms with Crippen LogP contribution in [0.25, 0.3) is 0 Å². The molecule has 8 heteroatoms. The molecule has 0 aromatic heterocycles. The predicted molar refractivity (Wildman–Crippen MR) is 83.2 cm³/mol. The van der Waals surface area contributed by atoms with E-state index in [1.54, 1.807) is 0 Å². The largest absolute Gasteiger partial charge is 0.296 e. The maximum Gasteiger partial charge on any atom is 0.282 e. The maximum atomic E-state index is 12.7. The monoisotopic (exact) mass is 337 g/mol. The molecule has 0 aliphatic carbocycles. The maximum absolute atomic E-state index is 12.7. The summed E-state index contributed by atoms with van der Waals surface area (Å²) in [7, 11) is -2.14. The molecule has 2 aliphatic rings. The number of hydrogen-bond acceptors (Lipinski definition) is 4. The zero-order valence-corrected chi connectivity index (χ0v) is 13.7. The zero-order chi connectivity index (χ0) is 16.7. The van der Waals surface area contributed by atoms with Crippen molar-refractivity contribution in [2.24, 2.45) is 5.41 Å². The van der Waals surface area contributed by atoms with Crippen LogP contribution in [0, 0.1) is 5.41 Å². The molecule has 2 aliphatic heterocycles. The summed E-state index contributed by atoms with van der Waals surface area (Å²) < 4.78 is 28.0. The molecular weight excluding hydrogens is 318 g/mol. The second kappa shape index (κ2) is 5.70. The fourth-order valence-electron chi connectivity index (χ4n) is 3.17. The lowest BCUT2D eigenvalue weighted by Gasteiger charge is -2.25. The fraction of sp³-hybridized carbons (Fsp3) is 0.467. The Kier molecular flexibility index (Phi) is 3.99. The molecular formula is C15H19N3O4S. The number of hydrogen-bond donors (Lipinski definition) is 1. The molecule has 1 spiro atoms. The van der Waals surface area contributed by atoms with Gasteiger partial charge in [0, 0.05) is 33.1 Å². The third kappa shape index (κ3) is 2.89. The summed E-state index contributed by atoms with van der Waals surface area (Å²) in [6.07, 6.45) is 0.448. The van der Waals surface area contributed by atoms with Crippen LogP contribution in [0.3, 0.4) is 0 Å². The van der Waals surface area contributed by atoms with Crippen molar-refractivity contribution in [1.82, 2.24) is 13.9 Å². The molecule has 7 nitrogen and oxygen atoms in total. The third-order valence-electron chi connectivity index (χ3n) is 4.52. The van der Waals surface area contributed by atoms with Crippen LogP contribution in [-0.4, -0.2) is 49.0 Å². The van der Waals surface area contributed by atoms with Crippen molar-refractivity contribution in [1.29, 1.82) is 0 Å². The quantitative estimate of drug-likeness (QED) is 0.790. The van der Waals surface area contributed by atoms with Gasteiger partial charge in [-0.05, 0) is 12.0 Å². The smallest absolute Gasteiger partial charge is 0.282 e. The van der Waals surface area contributed by atoms with Gasteiger partial charge in [0.15, 0.2) is 0 Å². The third-order valence-corrected chi connectivity index (χ3v) is 6.40. The Hall–Kier alpha value is -1.77. The van der Waals surface area contributed by atoms with Crippen molar-refractivity contribution >= 4 is 22.0 Å². The minimum absolute atomic E-state index is 0.0615. The van der Waals surface area contributed by atoms with E-state index in [1.165, 1.54) is 15.7 Å². The molecule has 3 rings (SSSR count). The summed E-state index contributed by atoms with van der Waals surface area (Å²) in [6, 6.07) is 9.31. The summed E-state index contributed by atoms with van der Waals surface area (Å²) in [4.78, 5) is 23.4. The van der Waals surface area contributed by atoms with Gasteiger partial charge in [-0.2, -0.15) is 17.0 Å². The van der Waals surface area contributed by atoms with Gasteiger partial charge >= 0.3 is 0 Å². The molecule has 124 valence electrons. The second-order valence-electron chi connectivity index (χ2n) is 6.17. The molecule has 23 heavy (non-hydrogen) atoms. The summed E-state index contributed by atoms with van der Waals surface area (Å²) in [6.45, 7) is 0.575. The summed E-state index contributed by atoms with van der Waals surface area (Å²) in [5.74, 6) is -0.683. The lowest BCUT2D eigenvalue weighted by molar-refractivity contribution is -0.128. The Labute approximate surface area is 135 Å². The van der Waals surface area contributed by atoms with Gasteiger partial charge < -0.3 is 0 Å². The molecule has 0 radical (unpaired) electrons. The molecule has 1 aromatic rings. The predicted octanol–water partition coefficient (Wildman–Crippen LogP) is 0.102. The van der Waals surface area contributed by atoms with Crippen LogP contribution in [0.2, 0.25) is 0 Å². The highest BCUT2D eigenvalue weighted by Crippen LogP contribution is 2.39. The first-order valence-electron chi connectivity index (χ1n) is 7.43. The second-order valence-corrected chi connectivity index (χ2v) is 8.20. The van der Waals surface area contributed by atoms with E-state index in [0.717, 1.165) is 5.56 Å². The Balaban J connectivity index is 1.73. The van der Waals surface area contributed by atoms with Crippen molar-refractivity contribution < 1.29 is 18.0 Å². The van der Waals surface area contributed by atoms with Gasteiger partial charge in [-0.15, -0.1) is 0 Å². The number of nitrogens with one attached hydrogen (secondary N) is 1. The van der Waals surface area contributed by atoms with Crippen molar-refractivity contribution in [3.63, 3.8) is 0 Å². The number of amides is 2. The molecule has 0 saturated carbocycles. The lowest BCUT2D eigenvalue weighted by Crippen LogP contribution is -2.42. The normalized spacial score (nSPS) is 25.5. The van der Waals surface area contributed by atoms with E-state index in [2.05, 4.69) is 5.32 Å². The number of carbonyl (C=O) groups is 2. The van der Waals surface area contributed by atoms with Gasteiger partial charge in [-0.3, -0.25) is 14.9 Å². The summed E-state index contributed by atoms with van der Waals surface area (Å²) in [5, 5.41) is 2.28. The topological polar surface area (TPSA) is 86.8 Å². The van der Waals surface area contributed by atoms with E-state index in [-0.39, 0.29) is 37.9 Å². The molecule has 1 N–H and O–H groups in total. The Morgan fingerprint density at radius 1 is 1.26 bits per heavy atom. The molecule has 2 fully saturated rings. The van der Waals surface area contributed by atoms with E-state index in [0.29, 0.717) is 6.42 Å². The van der Waals surface area contributed by atoms with Crippen LogP contribution in [0.1, 0.15) is 18.4 Å². The highest BCUT2D eigenvalue weighted by Gasteiger charge is 2.53. The van der Waals surface area contributed by atoms with Gasteiger partial charge in [0.05, 0.1) is 5.41 Å². The van der Waals surface area contributed by atoms with Gasteiger partial charge in [-0.1, -0.05) is 30.3 Å².